The number of hydrogen-bond acceptors (Lipinski definition) is 2. The molecule has 5 nitrogen and oxygen atoms in total. The summed E-state index contributed by atoms with van der Waals surface area (Å²) in [5.41, 5.74) is 0. The Hall–Kier alpha value is -1.39. The van der Waals surface area contributed by atoms with Crippen molar-refractivity contribution >= 4 is 18.3 Å². The average Bonchev–Trinajstić information content (AvgIpc) is 1.88. The van der Waals surface area contributed by atoms with Gasteiger partial charge in [-0.25, -0.2) is 9.79 Å². The van der Waals surface area contributed by atoms with Gasteiger partial charge in [-0.2, -0.15) is 0 Å². The van der Waals surface area contributed by atoms with E-state index in [4.69, 9.17) is 0 Å². The van der Waals surface area contributed by atoms with Crippen LogP contribution in [0.25, 0.3) is 0 Å². The van der Waals surface area contributed by atoms with Crippen molar-refractivity contribution in [1.29, 1.82) is 0 Å². The van der Waals surface area contributed by atoms with E-state index in [9.17, 15) is 9.59 Å². The minimum absolute atomic E-state index is 0.273. The maximum atomic E-state index is 10.5. The van der Waals surface area contributed by atoms with Gasteiger partial charge in [0.2, 0.25) is 6.41 Å². The Labute approximate surface area is 58.5 Å². The molecule has 0 fully saturated rings. The average molecular weight is 143 g/mol. The Balaban J connectivity index is 3.78. The van der Waals surface area contributed by atoms with Crippen molar-refractivity contribution in [3.05, 3.63) is 0 Å². The lowest BCUT2D eigenvalue weighted by molar-refractivity contribution is -0.106. The second-order valence-corrected chi connectivity index (χ2v) is 1.52. The van der Waals surface area contributed by atoms with E-state index in [1.54, 1.807) is 0 Å². The Bertz CT molecular complexity index is 164. The molecule has 0 bridgehead atoms. The van der Waals surface area contributed by atoms with Crippen molar-refractivity contribution in [3.63, 3.8) is 0 Å². The monoisotopic (exact) mass is 143 g/mol. The van der Waals surface area contributed by atoms with Gasteiger partial charge in [0.05, 0.1) is 0 Å². The van der Waals surface area contributed by atoms with Crippen LogP contribution in [0.2, 0.25) is 0 Å². The van der Waals surface area contributed by atoms with Crippen molar-refractivity contribution < 1.29 is 9.59 Å². The molecule has 10 heavy (non-hydrogen) atoms. The fraction of sp³-hybridized carbons (Fsp3) is 0.400. The van der Waals surface area contributed by atoms with Crippen LogP contribution in [0.3, 0.4) is 0 Å². The molecule has 0 rings (SSSR count). The maximum Gasteiger partial charge on any atom is 0.319 e. The lowest BCUT2D eigenvalue weighted by Gasteiger charge is -1.99. The number of amidine groups is 1. The first-order valence-corrected chi connectivity index (χ1v) is 2.67. The summed E-state index contributed by atoms with van der Waals surface area (Å²) in [5, 5.41) is 4.61. The van der Waals surface area contributed by atoms with E-state index in [0.717, 1.165) is 0 Å². The van der Waals surface area contributed by atoms with Crippen LogP contribution >= 0.6 is 0 Å². The molecule has 0 radical (unpaired) electrons. The molecular weight excluding hydrogens is 134 g/mol. The van der Waals surface area contributed by atoms with Crippen LogP contribution in [0, 0.1) is 0 Å². The number of urea groups is 1. The first-order chi connectivity index (χ1) is 4.70. The molecule has 0 aromatic heterocycles. The number of carbonyl (C=O) groups is 2. The molecule has 0 spiro atoms. The summed E-state index contributed by atoms with van der Waals surface area (Å²) in [7, 11) is 1.48. The highest BCUT2D eigenvalue weighted by Crippen LogP contribution is 1.68. The standard InChI is InChI=1S/C5H9N3O2/c1-4(7-3-9)8-5(10)6-2/h3H,1-2H3,(H2,6,7,8,9,10). The summed E-state index contributed by atoms with van der Waals surface area (Å²) in [6.07, 6.45) is 0.366. The van der Waals surface area contributed by atoms with Gasteiger partial charge in [0.1, 0.15) is 5.84 Å². The molecule has 0 saturated heterocycles. The second-order valence-electron chi connectivity index (χ2n) is 1.52. The highest BCUT2D eigenvalue weighted by Gasteiger charge is 1.94. The fourth-order valence-corrected chi connectivity index (χ4v) is 0.338. The number of amides is 3. The van der Waals surface area contributed by atoms with Crippen LogP contribution in [0.4, 0.5) is 4.79 Å². The molecule has 0 atom stereocenters. The zero-order valence-electron chi connectivity index (χ0n) is 5.84. The molecule has 0 aliphatic carbocycles. The first-order valence-electron chi connectivity index (χ1n) is 2.67. The molecule has 2 N–H and O–H groups in total. The van der Waals surface area contributed by atoms with E-state index in [0.29, 0.717) is 6.41 Å². The van der Waals surface area contributed by atoms with Crippen LogP contribution < -0.4 is 10.6 Å². The van der Waals surface area contributed by atoms with Crippen LogP contribution in [-0.4, -0.2) is 25.3 Å². The van der Waals surface area contributed by atoms with E-state index in [-0.39, 0.29) is 11.9 Å². The molecule has 0 heterocycles. The molecule has 0 saturated carbocycles. The largest absolute Gasteiger partial charge is 0.341 e. The van der Waals surface area contributed by atoms with E-state index < -0.39 is 0 Å². The lowest BCUT2D eigenvalue weighted by atomic mass is 10.6. The van der Waals surface area contributed by atoms with Gasteiger partial charge >= 0.3 is 6.03 Å². The number of rotatable bonds is 1. The summed E-state index contributed by atoms with van der Waals surface area (Å²) in [6, 6.07) is -0.386. The third-order valence-electron chi connectivity index (χ3n) is 0.768. The summed E-state index contributed by atoms with van der Waals surface area (Å²) in [6.45, 7) is 1.52. The second kappa shape index (κ2) is 4.49. The molecule has 56 valence electrons. The smallest absolute Gasteiger partial charge is 0.319 e. The Kier molecular flexibility index (Phi) is 3.86. The van der Waals surface area contributed by atoms with E-state index in [2.05, 4.69) is 15.6 Å². The van der Waals surface area contributed by atoms with Gasteiger partial charge in [-0.3, -0.25) is 10.1 Å². The summed E-state index contributed by atoms with van der Waals surface area (Å²) >= 11 is 0. The Morgan fingerprint density at radius 1 is 1.60 bits per heavy atom. The molecule has 5 heteroatoms. The fourth-order valence-electron chi connectivity index (χ4n) is 0.338. The highest BCUT2D eigenvalue weighted by molar-refractivity contribution is 5.98. The third-order valence-corrected chi connectivity index (χ3v) is 0.768. The topological polar surface area (TPSA) is 70.6 Å². The number of aliphatic imine (C=N–C) groups is 1. The first kappa shape index (κ1) is 8.61. The van der Waals surface area contributed by atoms with Gasteiger partial charge in [0.15, 0.2) is 0 Å². The van der Waals surface area contributed by atoms with Crippen LogP contribution in [-0.2, 0) is 4.79 Å². The van der Waals surface area contributed by atoms with Gasteiger partial charge in [-0.15, -0.1) is 0 Å². The van der Waals surface area contributed by atoms with Gasteiger partial charge in [-0.05, 0) is 6.92 Å². The number of nitrogens with zero attached hydrogens (tertiary/aromatic N) is 1. The van der Waals surface area contributed by atoms with Crippen molar-refractivity contribution in [1.82, 2.24) is 10.6 Å². The lowest BCUT2D eigenvalue weighted by Crippen LogP contribution is -2.36. The predicted octanol–water partition coefficient (Wildman–Crippen LogP) is -0.510. The quantitative estimate of drug-likeness (QED) is 0.295. The maximum absolute atomic E-state index is 10.5. The molecule has 0 aromatic rings. The van der Waals surface area contributed by atoms with Crippen molar-refractivity contribution in [3.8, 4) is 0 Å². The third kappa shape index (κ3) is 3.59. The Morgan fingerprint density at radius 2 is 2.20 bits per heavy atom. The molecule has 0 unspecified atom stereocenters. The van der Waals surface area contributed by atoms with Gasteiger partial charge in [0, 0.05) is 7.05 Å². The van der Waals surface area contributed by atoms with Crippen LogP contribution in [0.5, 0.6) is 0 Å². The molecule has 0 aliphatic rings. The van der Waals surface area contributed by atoms with Gasteiger partial charge in [0.25, 0.3) is 0 Å². The van der Waals surface area contributed by atoms with Gasteiger partial charge < -0.3 is 5.32 Å². The summed E-state index contributed by atoms with van der Waals surface area (Å²) < 4.78 is 0. The van der Waals surface area contributed by atoms with E-state index >= 15 is 0 Å². The van der Waals surface area contributed by atoms with Crippen molar-refractivity contribution in [2.24, 2.45) is 4.99 Å². The minimum Gasteiger partial charge on any atom is -0.341 e. The number of carbonyl (C=O) groups excluding carboxylic acids is 2. The molecule has 3 amide bonds. The van der Waals surface area contributed by atoms with Crippen molar-refractivity contribution in [2.75, 3.05) is 7.05 Å². The zero-order chi connectivity index (χ0) is 7.98. The zero-order valence-corrected chi connectivity index (χ0v) is 5.84. The molecule has 0 aliphatic heterocycles. The summed E-state index contributed by atoms with van der Waals surface area (Å²) in [4.78, 5) is 23.5. The normalized spacial score (nSPS) is 10.4. The van der Waals surface area contributed by atoms with E-state index in [1.165, 1.54) is 14.0 Å². The van der Waals surface area contributed by atoms with Crippen LogP contribution in [0.1, 0.15) is 6.92 Å². The molecule has 0 aromatic carbocycles. The number of hydrogen-bond donors (Lipinski definition) is 2. The van der Waals surface area contributed by atoms with E-state index in [1.807, 2.05) is 0 Å². The van der Waals surface area contributed by atoms with Gasteiger partial charge in [-0.1, -0.05) is 0 Å². The van der Waals surface area contributed by atoms with Crippen molar-refractivity contribution in [2.45, 2.75) is 6.92 Å². The highest BCUT2D eigenvalue weighted by atomic mass is 16.2. The minimum atomic E-state index is -0.386. The Morgan fingerprint density at radius 3 is 2.60 bits per heavy atom. The predicted molar refractivity (Wildman–Crippen MR) is 36.8 cm³/mol. The number of nitrogens with one attached hydrogen (secondary N) is 2. The summed E-state index contributed by atoms with van der Waals surface area (Å²) in [5.74, 6) is 0.273. The SMILES string of the molecule is CNC(=O)NC(C)=NC=O. The molecular formula is C5H9N3O2. The van der Waals surface area contributed by atoms with Crippen LogP contribution in [0.15, 0.2) is 4.99 Å².